The Bertz CT molecular complexity index is 1320. The Morgan fingerprint density at radius 1 is 1.10 bits per heavy atom. The highest BCUT2D eigenvalue weighted by Gasteiger charge is 2.39. The number of nitrogens with one attached hydrogen (secondary N) is 3. The van der Waals surface area contributed by atoms with Crippen LogP contribution in [0.1, 0.15) is 41.6 Å². The molecule has 1 aliphatic carbocycles. The van der Waals surface area contributed by atoms with E-state index < -0.39 is 0 Å². The summed E-state index contributed by atoms with van der Waals surface area (Å²) in [7, 11) is 4.96. The summed E-state index contributed by atoms with van der Waals surface area (Å²) in [6, 6.07) is 19.6. The molecule has 202 valence electrons. The summed E-state index contributed by atoms with van der Waals surface area (Å²) in [5, 5.41) is 22.6. The molecule has 1 heterocycles. The molecule has 39 heavy (non-hydrogen) atoms. The van der Waals surface area contributed by atoms with Crippen LogP contribution in [0.3, 0.4) is 0 Å². The Balaban J connectivity index is 1.59. The van der Waals surface area contributed by atoms with E-state index in [0.29, 0.717) is 34.9 Å². The van der Waals surface area contributed by atoms with Gasteiger partial charge in [0.05, 0.1) is 19.8 Å². The maximum Gasteiger partial charge on any atom is 0.251 e. The van der Waals surface area contributed by atoms with Gasteiger partial charge in [-0.2, -0.15) is 5.26 Å². The van der Waals surface area contributed by atoms with Gasteiger partial charge in [-0.05, 0) is 43.4 Å². The molecule has 0 atom stereocenters. The molecule has 9 nitrogen and oxygen atoms in total. The quantitative estimate of drug-likeness (QED) is 0.173. The van der Waals surface area contributed by atoms with Gasteiger partial charge in [0.2, 0.25) is 11.8 Å². The number of rotatable bonds is 8. The molecule has 9 heteroatoms. The first-order chi connectivity index (χ1) is 18.9. The van der Waals surface area contributed by atoms with Gasteiger partial charge in [-0.1, -0.05) is 48.5 Å². The fourth-order valence-electron chi connectivity index (χ4n) is 5.47. The second-order valence-corrected chi connectivity index (χ2v) is 9.70. The van der Waals surface area contributed by atoms with Crippen LogP contribution in [0.2, 0.25) is 0 Å². The summed E-state index contributed by atoms with van der Waals surface area (Å²) in [5.41, 5.74) is 2.75. The number of ether oxygens (including phenoxy) is 2. The lowest BCUT2D eigenvalue weighted by atomic mass is 9.68. The zero-order valence-corrected chi connectivity index (χ0v) is 22.5. The Morgan fingerprint density at radius 2 is 1.79 bits per heavy atom. The van der Waals surface area contributed by atoms with Crippen molar-refractivity contribution in [3.8, 4) is 28.9 Å². The molecule has 0 aliphatic heterocycles. The smallest absolute Gasteiger partial charge is 0.251 e. The largest absolute Gasteiger partial charge is 0.496 e. The second-order valence-electron chi connectivity index (χ2n) is 9.70. The predicted molar refractivity (Wildman–Crippen MR) is 150 cm³/mol. The molecule has 3 aromatic rings. The van der Waals surface area contributed by atoms with Gasteiger partial charge < -0.3 is 19.7 Å². The topological polar surface area (TPSA) is 123 Å². The average Bonchev–Trinajstić information content (AvgIpc) is 2.99. The third-order valence-corrected chi connectivity index (χ3v) is 7.69. The van der Waals surface area contributed by atoms with Crippen LogP contribution in [-0.2, 0) is 5.41 Å². The standard InChI is InChI=1S/C30H34N6O3/c1-36(29(32)35-20-31)22-13-16-30(17-14-22,21-9-5-4-6-10-21)19-34-27(37)24-12-8-7-11-23(24)26-25(38-2)15-18-33-28(26)39-3/h4-12,15,18,22H,13-14,16-17,19H2,1-3H3,(H2,32,35)(H,34,37). The van der Waals surface area contributed by atoms with Gasteiger partial charge in [-0.3, -0.25) is 15.5 Å². The van der Waals surface area contributed by atoms with E-state index in [1.807, 2.05) is 54.5 Å². The molecule has 3 N–H and O–H groups in total. The monoisotopic (exact) mass is 526 g/mol. The molecule has 0 radical (unpaired) electrons. The molecular formula is C30H34N6O3. The van der Waals surface area contributed by atoms with Crippen LogP contribution in [0.5, 0.6) is 11.6 Å². The fraction of sp³-hybridized carbons (Fsp3) is 0.333. The zero-order valence-electron chi connectivity index (χ0n) is 22.5. The lowest BCUT2D eigenvalue weighted by Crippen LogP contribution is -2.49. The number of pyridine rings is 1. The predicted octanol–water partition coefficient (Wildman–Crippen LogP) is 4.31. The minimum atomic E-state index is -0.252. The van der Waals surface area contributed by atoms with Gasteiger partial charge in [-0.25, -0.2) is 4.98 Å². The molecule has 1 aromatic heterocycles. The van der Waals surface area contributed by atoms with Crippen LogP contribution in [0.4, 0.5) is 0 Å². The molecule has 1 fully saturated rings. The number of aromatic nitrogens is 1. The van der Waals surface area contributed by atoms with E-state index >= 15 is 0 Å². The molecular weight excluding hydrogens is 492 g/mol. The van der Waals surface area contributed by atoms with Crippen molar-refractivity contribution in [2.24, 2.45) is 0 Å². The maximum absolute atomic E-state index is 13.7. The number of benzene rings is 2. The van der Waals surface area contributed by atoms with Crippen molar-refractivity contribution in [3.05, 3.63) is 78.0 Å². The lowest BCUT2D eigenvalue weighted by molar-refractivity contribution is 0.0931. The number of guanidine groups is 1. The first-order valence-corrected chi connectivity index (χ1v) is 12.9. The normalized spacial score (nSPS) is 18.4. The minimum Gasteiger partial charge on any atom is -0.496 e. The van der Waals surface area contributed by atoms with Crippen LogP contribution < -0.4 is 20.1 Å². The summed E-state index contributed by atoms with van der Waals surface area (Å²) in [6.07, 6.45) is 6.76. The van der Waals surface area contributed by atoms with Crippen LogP contribution in [0, 0.1) is 16.9 Å². The summed E-state index contributed by atoms with van der Waals surface area (Å²) in [6.45, 7) is 0.468. The van der Waals surface area contributed by atoms with Gasteiger partial charge in [-0.15, -0.1) is 0 Å². The molecule has 0 saturated heterocycles. The first-order valence-electron chi connectivity index (χ1n) is 12.9. The SMILES string of the molecule is COc1ccnc(OC)c1-c1ccccc1C(=O)NCC1(c2ccccc2)CCC(N(C)C(=N)NC#N)CC1. The van der Waals surface area contributed by atoms with E-state index in [0.717, 1.165) is 25.7 Å². The summed E-state index contributed by atoms with van der Waals surface area (Å²) >= 11 is 0. The van der Waals surface area contributed by atoms with E-state index in [4.69, 9.17) is 20.1 Å². The molecule has 0 bridgehead atoms. The Kier molecular flexibility index (Phi) is 8.67. The van der Waals surface area contributed by atoms with Crippen LogP contribution in [-0.4, -0.2) is 55.6 Å². The number of nitriles is 1. The van der Waals surface area contributed by atoms with E-state index in [-0.39, 0.29) is 23.3 Å². The highest BCUT2D eigenvalue weighted by molar-refractivity contribution is 6.02. The Morgan fingerprint density at radius 3 is 2.46 bits per heavy atom. The third-order valence-electron chi connectivity index (χ3n) is 7.69. The lowest BCUT2D eigenvalue weighted by Gasteiger charge is -2.43. The van der Waals surface area contributed by atoms with Crippen LogP contribution >= 0.6 is 0 Å². The van der Waals surface area contributed by atoms with E-state index in [1.54, 1.807) is 32.5 Å². The summed E-state index contributed by atoms with van der Waals surface area (Å²) < 4.78 is 11.1. The Labute approximate surface area is 229 Å². The number of carbonyl (C=O) groups excluding carboxylic acids is 1. The van der Waals surface area contributed by atoms with E-state index in [1.165, 1.54) is 5.56 Å². The molecule has 0 spiro atoms. The zero-order chi connectivity index (χ0) is 27.8. The maximum atomic E-state index is 13.7. The van der Waals surface area contributed by atoms with Crippen LogP contribution in [0.15, 0.2) is 66.9 Å². The fourth-order valence-corrected chi connectivity index (χ4v) is 5.47. The number of amides is 1. The summed E-state index contributed by atoms with van der Waals surface area (Å²) in [5.74, 6) is 0.866. The highest BCUT2D eigenvalue weighted by atomic mass is 16.5. The molecule has 2 aromatic carbocycles. The van der Waals surface area contributed by atoms with Gasteiger partial charge in [0.25, 0.3) is 5.91 Å². The van der Waals surface area contributed by atoms with Gasteiger partial charge in [0.15, 0.2) is 6.19 Å². The average molecular weight is 527 g/mol. The number of nitrogens with zero attached hydrogens (tertiary/aromatic N) is 3. The van der Waals surface area contributed by atoms with Crippen molar-refractivity contribution in [1.82, 2.24) is 20.5 Å². The number of carbonyl (C=O) groups is 1. The van der Waals surface area contributed by atoms with Crippen molar-refractivity contribution in [3.63, 3.8) is 0 Å². The van der Waals surface area contributed by atoms with Gasteiger partial charge >= 0.3 is 0 Å². The molecule has 4 rings (SSSR count). The molecule has 1 aliphatic rings. The first kappa shape index (κ1) is 27.5. The van der Waals surface area contributed by atoms with Crippen molar-refractivity contribution in [2.75, 3.05) is 27.8 Å². The van der Waals surface area contributed by atoms with Crippen LogP contribution in [0.25, 0.3) is 11.1 Å². The van der Waals surface area contributed by atoms with Gasteiger partial charge in [0.1, 0.15) is 5.75 Å². The second kappa shape index (κ2) is 12.3. The van der Waals surface area contributed by atoms with E-state index in [9.17, 15) is 4.79 Å². The van der Waals surface area contributed by atoms with Crippen molar-refractivity contribution < 1.29 is 14.3 Å². The number of hydrogen-bond acceptors (Lipinski definition) is 6. The van der Waals surface area contributed by atoms with Crippen molar-refractivity contribution in [1.29, 1.82) is 10.7 Å². The third kappa shape index (κ3) is 5.80. The van der Waals surface area contributed by atoms with E-state index in [2.05, 4.69) is 27.8 Å². The number of hydrogen-bond donors (Lipinski definition) is 3. The molecule has 0 unspecified atom stereocenters. The minimum absolute atomic E-state index is 0.0980. The molecule has 1 saturated carbocycles. The summed E-state index contributed by atoms with van der Waals surface area (Å²) in [4.78, 5) is 19.8. The van der Waals surface area contributed by atoms with Gasteiger partial charge in [0, 0.05) is 42.4 Å². The van der Waals surface area contributed by atoms with Crippen molar-refractivity contribution >= 4 is 11.9 Å². The molecule has 1 amide bonds. The highest BCUT2D eigenvalue weighted by Crippen LogP contribution is 2.41. The Hall–Kier alpha value is -4.58. The number of methoxy groups -OCH3 is 2. The van der Waals surface area contributed by atoms with Crippen molar-refractivity contribution in [2.45, 2.75) is 37.1 Å².